The first-order valence-corrected chi connectivity index (χ1v) is 10.1. The van der Waals surface area contributed by atoms with Gasteiger partial charge in [-0.05, 0) is 44.7 Å². The first-order chi connectivity index (χ1) is 13.6. The second-order valence-electron chi connectivity index (χ2n) is 7.58. The van der Waals surface area contributed by atoms with Crippen LogP contribution in [0.15, 0.2) is 24.5 Å². The summed E-state index contributed by atoms with van der Waals surface area (Å²) in [7, 11) is 0. The van der Waals surface area contributed by atoms with Gasteiger partial charge in [0.2, 0.25) is 0 Å². The van der Waals surface area contributed by atoms with E-state index in [0.29, 0.717) is 12.2 Å². The van der Waals surface area contributed by atoms with E-state index in [1.54, 1.807) is 0 Å². The van der Waals surface area contributed by atoms with Crippen LogP contribution in [0.4, 0.5) is 0 Å². The highest BCUT2D eigenvalue weighted by atomic mass is 16.2. The van der Waals surface area contributed by atoms with Gasteiger partial charge < -0.3 is 19.6 Å². The van der Waals surface area contributed by atoms with Gasteiger partial charge in [-0.25, -0.2) is 9.97 Å². The van der Waals surface area contributed by atoms with Gasteiger partial charge in [-0.15, -0.1) is 0 Å². The lowest BCUT2D eigenvalue weighted by Gasteiger charge is -2.26. The molecule has 7 heteroatoms. The summed E-state index contributed by atoms with van der Waals surface area (Å²) in [6.45, 7) is 7.08. The number of likely N-dealkylation sites (tertiary alicyclic amines) is 1. The molecule has 28 heavy (non-hydrogen) atoms. The number of pyridine rings is 1. The molecular formula is C21H28N6O. The summed E-state index contributed by atoms with van der Waals surface area (Å²) in [4.78, 5) is 27.5. The molecule has 4 rings (SSSR count). The van der Waals surface area contributed by atoms with Crippen LogP contribution in [0.1, 0.15) is 52.5 Å². The minimum Gasteiger partial charge on any atom is -0.346 e. The van der Waals surface area contributed by atoms with E-state index in [1.165, 1.54) is 6.42 Å². The van der Waals surface area contributed by atoms with Gasteiger partial charge in [0.25, 0.3) is 5.91 Å². The monoisotopic (exact) mass is 380 g/mol. The third kappa shape index (κ3) is 3.80. The molecule has 0 radical (unpaired) electrons. The quantitative estimate of drug-likeness (QED) is 0.645. The SMILES string of the molecule is Cc1cnc(CCNCc2c(C(=O)N3CCCCC3)nc3c(C)cccn23)[nH]1. The van der Waals surface area contributed by atoms with Crippen molar-refractivity contribution in [1.29, 1.82) is 0 Å². The number of hydrogen-bond acceptors (Lipinski definition) is 4. The standard InChI is InChI=1S/C21H28N6O/c1-15-7-6-12-27-17(14-22-9-8-18-23-13-16(2)24-18)19(25-20(15)27)21(28)26-10-4-3-5-11-26/h6-7,12-13,22H,3-5,8-11,14H2,1-2H3,(H,23,24). The van der Waals surface area contributed by atoms with Crippen LogP contribution in [-0.2, 0) is 13.0 Å². The van der Waals surface area contributed by atoms with Gasteiger partial charge in [-0.1, -0.05) is 6.07 Å². The molecule has 3 aromatic heterocycles. The van der Waals surface area contributed by atoms with Crippen molar-refractivity contribution in [1.82, 2.24) is 29.6 Å². The molecule has 0 spiro atoms. The number of aromatic amines is 1. The molecule has 0 unspecified atom stereocenters. The van der Waals surface area contributed by atoms with Gasteiger partial charge in [0, 0.05) is 50.7 Å². The smallest absolute Gasteiger partial charge is 0.274 e. The van der Waals surface area contributed by atoms with Crippen LogP contribution in [0, 0.1) is 13.8 Å². The number of carbonyl (C=O) groups is 1. The average molecular weight is 380 g/mol. The molecule has 0 saturated carbocycles. The fraction of sp³-hybridized carbons (Fsp3) is 0.476. The maximum atomic E-state index is 13.2. The van der Waals surface area contributed by atoms with Crippen LogP contribution in [0.25, 0.3) is 5.65 Å². The Labute approximate surface area is 165 Å². The molecule has 2 N–H and O–H groups in total. The van der Waals surface area contributed by atoms with E-state index in [2.05, 4.69) is 19.7 Å². The summed E-state index contributed by atoms with van der Waals surface area (Å²) in [5.41, 5.74) is 4.53. The molecule has 3 aromatic rings. The number of imidazole rings is 2. The van der Waals surface area contributed by atoms with Crippen molar-refractivity contribution in [3.8, 4) is 0 Å². The molecule has 148 valence electrons. The number of carbonyl (C=O) groups excluding carboxylic acids is 1. The van der Waals surface area contributed by atoms with Gasteiger partial charge in [0.15, 0.2) is 5.69 Å². The van der Waals surface area contributed by atoms with Crippen LogP contribution in [-0.4, -0.2) is 49.8 Å². The fourth-order valence-electron chi connectivity index (χ4n) is 3.85. The Morgan fingerprint density at radius 1 is 1.25 bits per heavy atom. The van der Waals surface area contributed by atoms with E-state index in [-0.39, 0.29) is 5.91 Å². The van der Waals surface area contributed by atoms with Crippen molar-refractivity contribution in [2.75, 3.05) is 19.6 Å². The number of nitrogens with one attached hydrogen (secondary N) is 2. The number of aryl methyl sites for hydroxylation is 2. The molecule has 1 saturated heterocycles. The highest BCUT2D eigenvalue weighted by Crippen LogP contribution is 2.20. The number of aromatic nitrogens is 4. The van der Waals surface area contributed by atoms with E-state index in [0.717, 1.165) is 67.3 Å². The van der Waals surface area contributed by atoms with Gasteiger partial charge in [-0.3, -0.25) is 4.79 Å². The Balaban J connectivity index is 1.54. The summed E-state index contributed by atoms with van der Waals surface area (Å²) in [6, 6.07) is 4.04. The van der Waals surface area contributed by atoms with E-state index in [1.807, 2.05) is 43.3 Å². The first-order valence-electron chi connectivity index (χ1n) is 10.1. The molecule has 0 bridgehead atoms. The largest absolute Gasteiger partial charge is 0.346 e. The minimum absolute atomic E-state index is 0.0567. The minimum atomic E-state index is 0.0567. The Morgan fingerprint density at radius 3 is 2.82 bits per heavy atom. The molecule has 1 amide bonds. The van der Waals surface area contributed by atoms with E-state index in [9.17, 15) is 4.79 Å². The number of fused-ring (bicyclic) bond motifs is 1. The molecule has 1 aliphatic heterocycles. The predicted molar refractivity (Wildman–Crippen MR) is 108 cm³/mol. The van der Waals surface area contributed by atoms with Crippen molar-refractivity contribution < 1.29 is 4.79 Å². The topological polar surface area (TPSA) is 78.3 Å². The third-order valence-corrected chi connectivity index (χ3v) is 5.38. The zero-order chi connectivity index (χ0) is 19.5. The third-order valence-electron chi connectivity index (χ3n) is 5.38. The van der Waals surface area contributed by atoms with Gasteiger partial charge in [-0.2, -0.15) is 0 Å². The van der Waals surface area contributed by atoms with Gasteiger partial charge >= 0.3 is 0 Å². The van der Waals surface area contributed by atoms with Crippen LogP contribution >= 0.6 is 0 Å². The highest BCUT2D eigenvalue weighted by molar-refractivity contribution is 5.94. The molecule has 0 aromatic carbocycles. The predicted octanol–water partition coefficient (Wildman–Crippen LogP) is 2.63. The number of hydrogen-bond donors (Lipinski definition) is 2. The average Bonchev–Trinajstić information content (AvgIpc) is 3.30. The molecule has 4 heterocycles. The van der Waals surface area contributed by atoms with E-state index < -0.39 is 0 Å². The van der Waals surface area contributed by atoms with Crippen LogP contribution < -0.4 is 5.32 Å². The normalized spacial score (nSPS) is 14.7. The number of H-pyrrole nitrogens is 1. The van der Waals surface area contributed by atoms with Crippen molar-refractivity contribution in [3.05, 3.63) is 53.0 Å². The summed E-state index contributed by atoms with van der Waals surface area (Å²) in [5.74, 6) is 1.03. The second kappa shape index (κ2) is 8.14. The van der Waals surface area contributed by atoms with Crippen LogP contribution in [0.2, 0.25) is 0 Å². The highest BCUT2D eigenvalue weighted by Gasteiger charge is 2.25. The summed E-state index contributed by atoms with van der Waals surface area (Å²) in [6.07, 6.45) is 8.02. The molecule has 7 nitrogen and oxygen atoms in total. The number of nitrogens with zero attached hydrogens (tertiary/aromatic N) is 4. The van der Waals surface area contributed by atoms with E-state index >= 15 is 0 Å². The Morgan fingerprint density at radius 2 is 2.07 bits per heavy atom. The maximum absolute atomic E-state index is 13.2. The Kier molecular flexibility index (Phi) is 5.43. The zero-order valence-corrected chi connectivity index (χ0v) is 16.7. The summed E-state index contributed by atoms with van der Waals surface area (Å²) < 4.78 is 2.05. The molecule has 0 atom stereocenters. The van der Waals surface area contributed by atoms with Crippen molar-refractivity contribution in [2.24, 2.45) is 0 Å². The second-order valence-corrected chi connectivity index (χ2v) is 7.58. The first kappa shape index (κ1) is 18.7. The lowest BCUT2D eigenvalue weighted by atomic mass is 10.1. The summed E-state index contributed by atoms with van der Waals surface area (Å²) >= 11 is 0. The summed E-state index contributed by atoms with van der Waals surface area (Å²) in [5, 5.41) is 3.46. The number of amides is 1. The molecular weight excluding hydrogens is 352 g/mol. The van der Waals surface area contributed by atoms with Gasteiger partial charge in [0.05, 0.1) is 5.69 Å². The maximum Gasteiger partial charge on any atom is 0.274 e. The van der Waals surface area contributed by atoms with Crippen molar-refractivity contribution in [2.45, 2.75) is 46.1 Å². The van der Waals surface area contributed by atoms with Gasteiger partial charge in [0.1, 0.15) is 11.5 Å². The zero-order valence-electron chi connectivity index (χ0n) is 16.7. The van der Waals surface area contributed by atoms with E-state index in [4.69, 9.17) is 4.98 Å². The van der Waals surface area contributed by atoms with Crippen LogP contribution in [0.3, 0.4) is 0 Å². The van der Waals surface area contributed by atoms with Crippen molar-refractivity contribution >= 4 is 11.6 Å². The molecule has 1 aliphatic rings. The number of piperidine rings is 1. The lowest BCUT2D eigenvalue weighted by molar-refractivity contribution is 0.0717. The molecule has 0 aliphatic carbocycles. The lowest BCUT2D eigenvalue weighted by Crippen LogP contribution is -2.36. The van der Waals surface area contributed by atoms with Crippen LogP contribution in [0.5, 0.6) is 0 Å². The fourth-order valence-corrected chi connectivity index (χ4v) is 3.85. The Hall–Kier alpha value is -2.67. The Bertz CT molecular complexity index is 967. The number of rotatable bonds is 6. The van der Waals surface area contributed by atoms with Crippen molar-refractivity contribution in [3.63, 3.8) is 0 Å². The molecule has 1 fully saturated rings.